The van der Waals surface area contributed by atoms with Crippen molar-refractivity contribution in [2.24, 2.45) is 0 Å². The number of ether oxygens (including phenoxy) is 1. The molecule has 4 heteroatoms. The lowest BCUT2D eigenvalue weighted by atomic mass is 10.1. The van der Waals surface area contributed by atoms with Crippen molar-refractivity contribution in [3.05, 3.63) is 29.3 Å². The van der Waals surface area contributed by atoms with Crippen LogP contribution in [0.1, 0.15) is 39.0 Å². The van der Waals surface area contributed by atoms with Crippen molar-refractivity contribution in [3.63, 3.8) is 0 Å². The fourth-order valence-corrected chi connectivity index (χ4v) is 1.79. The van der Waals surface area contributed by atoms with Gasteiger partial charge in [-0.25, -0.2) is 4.79 Å². The molecular formula is C14H19ClO3. The van der Waals surface area contributed by atoms with Gasteiger partial charge in [-0.2, -0.15) is 0 Å². The highest BCUT2D eigenvalue weighted by molar-refractivity contribution is 6.30. The van der Waals surface area contributed by atoms with Gasteiger partial charge in [0.1, 0.15) is 5.75 Å². The van der Waals surface area contributed by atoms with Gasteiger partial charge in [0.05, 0.1) is 0 Å². The van der Waals surface area contributed by atoms with Crippen molar-refractivity contribution in [1.29, 1.82) is 0 Å². The van der Waals surface area contributed by atoms with Crippen molar-refractivity contribution >= 4 is 17.6 Å². The summed E-state index contributed by atoms with van der Waals surface area (Å²) in [4.78, 5) is 11.1. The van der Waals surface area contributed by atoms with Crippen LogP contribution in [0.5, 0.6) is 5.75 Å². The van der Waals surface area contributed by atoms with E-state index in [2.05, 4.69) is 6.92 Å². The molecule has 0 saturated heterocycles. The number of carboxylic acid groups (broad SMARTS) is 1. The SMILES string of the molecule is CCCCCCC(Oc1ccc(Cl)cc1)C(=O)O. The lowest BCUT2D eigenvalue weighted by Crippen LogP contribution is -2.26. The van der Waals surface area contributed by atoms with Crippen LogP contribution in [0.25, 0.3) is 0 Å². The molecule has 3 nitrogen and oxygen atoms in total. The highest BCUT2D eigenvalue weighted by Crippen LogP contribution is 2.18. The summed E-state index contributed by atoms with van der Waals surface area (Å²) >= 11 is 5.76. The smallest absolute Gasteiger partial charge is 0.344 e. The summed E-state index contributed by atoms with van der Waals surface area (Å²) in [6, 6.07) is 6.74. The number of carboxylic acids is 1. The van der Waals surface area contributed by atoms with Crippen molar-refractivity contribution in [2.75, 3.05) is 0 Å². The maximum Gasteiger partial charge on any atom is 0.344 e. The number of rotatable bonds is 8. The second kappa shape index (κ2) is 7.98. The fraction of sp³-hybridized carbons (Fsp3) is 0.500. The van der Waals surface area contributed by atoms with E-state index in [0.29, 0.717) is 17.2 Å². The van der Waals surface area contributed by atoms with E-state index in [1.807, 2.05) is 0 Å². The van der Waals surface area contributed by atoms with E-state index in [1.165, 1.54) is 0 Å². The summed E-state index contributed by atoms with van der Waals surface area (Å²) in [5, 5.41) is 9.70. The molecule has 18 heavy (non-hydrogen) atoms. The van der Waals surface area contributed by atoms with Gasteiger partial charge in [0.15, 0.2) is 6.10 Å². The molecule has 1 aromatic carbocycles. The van der Waals surface area contributed by atoms with Crippen LogP contribution in [0.3, 0.4) is 0 Å². The van der Waals surface area contributed by atoms with Gasteiger partial charge in [-0.3, -0.25) is 0 Å². The molecule has 1 aromatic rings. The number of aliphatic carboxylic acids is 1. The molecule has 0 amide bonds. The van der Waals surface area contributed by atoms with Crippen molar-refractivity contribution in [3.8, 4) is 5.75 Å². The lowest BCUT2D eigenvalue weighted by molar-refractivity contribution is -0.145. The molecule has 0 aliphatic rings. The summed E-state index contributed by atoms with van der Waals surface area (Å²) in [5.74, 6) is -0.372. The maximum atomic E-state index is 11.1. The zero-order valence-electron chi connectivity index (χ0n) is 10.6. The van der Waals surface area contributed by atoms with Gasteiger partial charge in [-0.05, 0) is 37.1 Å². The first-order chi connectivity index (χ1) is 8.63. The Morgan fingerprint density at radius 1 is 1.28 bits per heavy atom. The van der Waals surface area contributed by atoms with E-state index in [9.17, 15) is 4.79 Å². The second-order valence-electron chi connectivity index (χ2n) is 4.25. The number of hydrogen-bond donors (Lipinski definition) is 1. The molecule has 0 heterocycles. The van der Waals surface area contributed by atoms with Crippen LogP contribution in [0.15, 0.2) is 24.3 Å². The predicted molar refractivity (Wildman–Crippen MR) is 72.3 cm³/mol. The highest BCUT2D eigenvalue weighted by atomic mass is 35.5. The highest BCUT2D eigenvalue weighted by Gasteiger charge is 2.18. The Labute approximate surface area is 113 Å². The van der Waals surface area contributed by atoms with Gasteiger partial charge < -0.3 is 9.84 Å². The normalized spacial score (nSPS) is 12.1. The van der Waals surface area contributed by atoms with Crippen LogP contribution in [-0.4, -0.2) is 17.2 Å². The number of benzene rings is 1. The third-order valence-electron chi connectivity index (χ3n) is 2.69. The third-order valence-corrected chi connectivity index (χ3v) is 2.94. The van der Waals surface area contributed by atoms with Crippen LogP contribution in [0, 0.1) is 0 Å². The molecule has 1 unspecified atom stereocenters. The van der Waals surface area contributed by atoms with E-state index >= 15 is 0 Å². The molecule has 0 saturated carbocycles. The van der Waals surface area contributed by atoms with E-state index in [0.717, 1.165) is 25.7 Å². The molecule has 0 aliphatic heterocycles. The van der Waals surface area contributed by atoms with Crippen molar-refractivity contribution in [1.82, 2.24) is 0 Å². The van der Waals surface area contributed by atoms with Crippen molar-refractivity contribution in [2.45, 2.75) is 45.1 Å². The summed E-state index contributed by atoms with van der Waals surface area (Å²) in [5.41, 5.74) is 0. The Morgan fingerprint density at radius 2 is 1.94 bits per heavy atom. The van der Waals surface area contributed by atoms with Crippen LogP contribution in [-0.2, 0) is 4.79 Å². The molecule has 0 aromatic heterocycles. The fourth-order valence-electron chi connectivity index (χ4n) is 1.67. The Balaban J connectivity index is 2.47. The topological polar surface area (TPSA) is 46.5 Å². The van der Waals surface area contributed by atoms with Crippen LogP contribution in [0.2, 0.25) is 5.02 Å². The minimum atomic E-state index is -0.915. The van der Waals surface area contributed by atoms with Crippen LogP contribution >= 0.6 is 11.6 Å². The summed E-state index contributed by atoms with van der Waals surface area (Å²) in [7, 11) is 0. The van der Waals surface area contributed by atoms with Crippen LogP contribution in [0.4, 0.5) is 0 Å². The van der Waals surface area contributed by atoms with Gasteiger partial charge in [0.2, 0.25) is 0 Å². The molecular weight excluding hydrogens is 252 g/mol. The standard InChI is InChI=1S/C14H19ClO3/c1-2-3-4-5-6-13(14(16)17)18-12-9-7-11(15)8-10-12/h7-10,13H,2-6H2,1H3,(H,16,17). The zero-order valence-corrected chi connectivity index (χ0v) is 11.3. The number of unbranched alkanes of at least 4 members (excludes halogenated alkanes) is 3. The number of hydrogen-bond acceptors (Lipinski definition) is 2. The van der Waals surface area contributed by atoms with Gasteiger partial charge >= 0.3 is 5.97 Å². The second-order valence-corrected chi connectivity index (χ2v) is 4.68. The van der Waals surface area contributed by atoms with Gasteiger partial charge in [-0.15, -0.1) is 0 Å². The number of halogens is 1. The molecule has 0 fully saturated rings. The van der Waals surface area contributed by atoms with E-state index in [1.54, 1.807) is 24.3 Å². The Kier molecular flexibility index (Phi) is 6.58. The number of carbonyl (C=O) groups is 1. The predicted octanol–water partition coefficient (Wildman–Crippen LogP) is 4.14. The molecule has 0 radical (unpaired) electrons. The maximum absolute atomic E-state index is 11.1. The van der Waals surface area contributed by atoms with E-state index in [4.69, 9.17) is 21.4 Å². The molecule has 0 bridgehead atoms. The van der Waals surface area contributed by atoms with Gasteiger partial charge in [-0.1, -0.05) is 37.8 Å². The van der Waals surface area contributed by atoms with Gasteiger partial charge in [0, 0.05) is 5.02 Å². The Hall–Kier alpha value is -1.22. The lowest BCUT2D eigenvalue weighted by Gasteiger charge is -2.15. The Bertz CT molecular complexity index is 362. The molecule has 0 spiro atoms. The molecule has 1 N–H and O–H groups in total. The average molecular weight is 271 g/mol. The minimum Gasteiger partial charge on any atom is -0.479 e. The van der Waals surface area contributed by atoms with E-state index in [-0.39, 0.29) is 0 Å². The summed E-state index contributed by atoms with van der Waals surface area (Å²) < 4.78 is 5.45. The average Bonchev–Trinajstić information content (AvgIpc) is 2.35. The molecule has 100 valence electrons. The Morgan fingerprint density at radius 3 is 2.50 bits per heavy atom. The van der Waals surface area contributed by atoms with Gasteiger partial charge in [0.25, 0.3) is 0 Å². The monoisotopic (exact) mass is 270 g/mol. The van der Waals surface area contributed by atoms with Crippen molar-refractivity contribution < 1.29 is 14.6 Å². The first-order valence-electron chi connectivity index (χ1n) is 6.28. The third kappa shape index (κ3) is 5.41. The summed E-state index contributed by atoms with van der Waals surface area (Å²) in [6.07, 6.45) is 3.95. The van der Waals surface area contributed by atoms with E-state index < -0.39 is 12.1 Å². The summed E-state index contributed by atoms with van der Waals surface area (Å²) in [6.45, 7) is 2.12. The van der Waals surface area contributed by atoms with Crippen LogP contribution < -0.4 is 4.74 Å². The quantitative estimate of drug-likeness (QED) is 0.722. The first-order valence-corrected chi connectivity index (χ1v) is 6.66. The molecule has 0 aliphatic carbocycles. The zero-order chi connectivity index (χ0) is 13.4. The minimum absolute atomic E-state index is 0.540. The molecule has 1 atom stereocenters. The molecule has 1 rings (SSSR count). The largest absolute Gasteiger partial charge is 0.479 e. The first kappa shape index (κ1) is 14.8.